The van der Waals surface area contributed by atoms with Gasteiger partial charge in [-0.05, 0) is 40.3 Å². The first-order valence-corrected chi connectivity index (χ1v) is 11.0. The zero-order valence-electron chi connectivity index (χ0n) is 18.4. The Kier molecular flexibility index (Phi) is 6.87. The first kappa shape index (κ1) is 22.7. The summed E-state index contributed by atoms with van der Waals surface area (Å²) in [5.41, 5.74) is 5.63. The smallest absolute Gasteiger partial charge is 0.407 e. The van der Waals surface area contributed by atoms with Crippen molar-refractivity contribution in [3.05, 3.63) is 95.1 Å². The Morgan fingerprint density at radius 3 is 2.12 bits per heavy atom. The molecule has 33 heavy (non-hydrogen) atoms. The second-order valence-electron chi connectivity index (χ2n) is 8.30. The highest BCUT2D eigenvalue weighted by Crippen LogP contribution is 2.44. The van der Waals surface area contributed by atoms with E-state index < -0.39 is 18.3 Å². The topological polar surface area (TPSA) is 95.9 Å². The van der Waals surface area contributed by atoms with Gasteiger partial charge in [-0.1, -0.05) is 72.8 Å². The monoisotopic (exact) mass is 445 g/mol. The van der Waals surface area contributed by atoms with Crippen LogP contribution in [-0.4, -0.2) is 41.3 Å². The van der Waals surface area contributed by atoms with E-state index in [2.05, 4.69) is 17.4 Å². The van der Waals surface area contributed by atoms with Gasteiger partial charge in [-0.25, -0.2) is 4.79 Å². The summed E-state index contributed by atoms with van der Waals surface area (Å²) in [7, 11) is 0. The van der Waals surface area contributed by atoms with Crippen molar-refractivity contribution in [3.8, 4) is 11.1 Å². The number of nitrogens with one attached hydrogen (secondary N) is 1. The summed E-state index contributed by atoms with van der Waals surface area (Å²) in [6, 6.07) is 23.1. The molecule has 1 aliphatic rings. The lowest BCUT2D eigenvalue weighted by Crippen LogP contribution is -2.36. The molecule has 6 heteroatoms. The molecule has 3 aromatic rings. The summed E-state index contributed by atoms with van der Waals surface area (Å²) >= 11 is 0. The van der Waals surface area contributed by atoms with Crippen LogP contribution >= 0.6 is 0 Å². The largest absolute Gasteiger partial charge is 0.449 e. The summed E-state index contributed by atoms with van der Waals surface area (Å²) in [6.45, 7) is 1.45. The number of hydrogen-bond acceptors (Lipinski definition) is 5. The molecule has 4 rings (SSSR count). The van der Waals surface area contributed by atoms with E-state index in [0.29, 0.717) is 11.1 Å². The third kappa shape index (κ3) is 4.97. The molecule has 2 unspecified atom stereocenters. The molecule has 6 nitrogen and oxygen atoms in total. The lowest BCUT2D eigenvalue weighted by molar-refractivity contribution is -0.116. The van der Waals surface area contributed by atoms with E-state index >= 15 is 0 Å². The minimum atomic E-state index is -1.25. The van der Waals surface area contributed by atoms with Crippen LogP contribution < -0.4 is 5.32 Å². The molecule has 0 bridgehead atoms. The van der Waals surface area contributed by atoms with Crippen LogP contribution in [0.5, 0.6) is 0 Å². The van der Waals surface area contributed by atoms with Crippen LogP contribution in [0.15, 0.2) is 72.8 Å². The second kappa shape index (κ2) is 9.98. The van der Waals surface area contributed by atoms with E-state index in [1.54, 1.807) is 24.3 Å². The fourth-order valence-corrected chi connectivity index (χ4v) is 4.41. The number of rotatable bonds is 8. The van der Waals surface area contributed by atoms with Crippen LogP contribution in [0, 0.1) is 0 Å². The molecule has 0 fully saturated rings. The predicted octanol–water partition coefficient (Wildman–Crippen LogP) is 3.75. The molecular formula is C27H27NO5. The molecule has 170 valence electrons. The van der Waals surface area contributed by atoms with Crippen LogP contribution in [0.25, 0.3) is 11.1 Å². The molecule has 3 N–H and O–H groups in total. The molecule has 1 amide bonds. The van der Waals surface area contributed by atoms with Crippen LogP contribution in [-0.2, 0) is 16.0 Å². The Morgan fingerprint density at radius 1 is 0.909 bits per heavy atom. The Labute approximate surface area is 192 Å². The minimum absolute atomic E-state index is 0.0408. The number of fused-ring (bicyclic) bond motifs is 3. The van der Waals surface area contributed by atoms with Crippen LogP contribution in [0.3, 0.4) is 0 Å². The van der Waals surface area contributed by atoms with Crippen molar-refractivity contribution in [3.63, 3.8) is 0 Å². The normalized spacial score (nSPS) is 14.2. The van der Waals surface area contributed by atoms with Gasteiger partial charge in [-0.15, -0.1) is 0 Å². The Bertz CT molecular complexity index is 1110. The van der Waals surface area contributed by atoms with E-state index in [0.717, 1.165) is 22.3 Å². The minimum Gasteiger partial charge on any atom is -0.449 e. The zero-order chi connectivity index (χ0) is 23.4. The molecule has 0 spiro atoms. The molecule has 2 atom stereocenters. The summed E-state index contributed by atoms with van der Waals surface area (Å²) in [5.74, 6) is -0.0991. The number of alkyl carbamates (subject to hydrolysis) is 1. The molecule has 0 heterocycles. The maximum absolute atomic E-state index is 12.3. The van der Waals surface area contributed by atoms with E-state index in [-0.39, 0.29) is 31.3 Å². The fraction of sp³-hybridized carbons (Fsp3) is 0.259. The van der Waals surface area contributed by atoms with Gasteiger partial charge in [-0.2, -0.15) is 0 Å². The van der Waals surface area contributed by atoms with Gasteiger partial charge in [-0.3, -0.25) is 4.79 Å². The average Bonchev–Trinajstić information content (AvgIpc) is 3.14. The summed E-state index contributed by atoms with van der Waals surface area (Å²) in [6.07, 6.45) is -2.99. The van der Waals surface area contributed by atoms with E-state index in [1.807, 2.05) is 36.4 Å². The van der Waals surface area contributed by atoms with Crippen molar-refractivity contribution in [1.82, 2.24) is 5.32 Å². The van der Waals surface area contributed by atoms with Crippen molar-refractivity contribution in [1.29, 1.82) is 0 Å². The molecule has 0 radical (unpaired) electrons. The van der Waals surface area contributed by atoms with Gasteiger partial charge >= 0.3 is 6.09 Å². The van der Waals surface area contributed by atoms with Crippen molar-refractivity contribution >= 4 is 11.9 Å². The zero-order valence-corrected chi connectivity index (χ0v) is 18.4. The second-order valence-corrected chi connectivity index (χ2v) is 8.30. The van der Waals surface area contributed by atoms with Crippen molar-refractivity contribution < 1.29 is 24.5 Å². The molecule has 0 saturated heterocycles. The van der Waals surface area contributed by atoms with Crippen molar-refractivity contribution in [2.45, 2.75) is 31.5 Å². The maximum atomic E-state index is 12.3. The standard InChI is InChI=1S/C27H27NO5/c1-17(29)14-18-8-2-3-9-19(18)26(31)25(30)15-28-27(32)33-16-24-22-12-6-4-10-20(22)21-11-5-7-13-23(21)24/h2-13,24-26,30-31H,14-16H2,1H3,(H,28,32). The Hall–Kier alpha value is -3.48. The van der Waals surface area contributed by atoms with Crippen LogP contribution in [0.2, 0.25) is 0 Å². The number of amides is 1. The van der Waals surface area contributed by atoms with E-state index in [9.17, 15) is 19.8 Å². The number of aliphatic hydroxyl groups is 2. The third-order valence-corrected chi connectivity index (χ3v) is 5.98. The first-order chi connectivity index (χ1) is 16.0. The molecular weight excluding hydrogens is 418 g/mol. The number of ether oxygens (including phenoxy) is 1. The molecule has 1 aliphatic carbocycles. The third-order valence-electron chi connectivity index (χ3n) is 5.98. The molecule has 0 aromatic heterocycles. The van der Waals surface area contributed by atoms with Crippen LogP contribution in [0.4, 0.5) is 4.79 Å². The lowest BCUT2D eigenvalue weighted by Gasteiger charge is -2.21. The van der Waals surface area contributed by atoms with E-state index in [4.69, 9.17) is 4.74 Å². The summed E-state index contributed by atoms with van der Waals surface area (Å²) in [4.78, 5) is 23.8. The fourth-order valence-electron chi connectivity index (χ4n) is 4.41. The maximum Gasteiger partial charge on any atom is 0.407 e. The summed E-state index contributed by atoms with van der Waals surface area (Å²) < 4.78 is 5.46. The van der Waals surface area contributed by atoms with E-state index in [1.165, 1.54) is 6.92 Å². The van der Waals surface area contributed by atoms with Crippen molar-refractivity contribution in [2.24, 2.45) is 0 Å². The summed E-state index contributed by atoms with van der Waals surface area (Å²) in [5, 5.41) is 23.5. The number of benzene rings is 3. The number of aliphatic hydroxyl groups excluding tert-OH is 2. The lowest BCUT2D eigenvalue weighted by atomic mass is 9.95. The predicted molar refractivity (Wildman–Crippen MR) is 125 cm³/mol. The first-order valence-electron chi connectivity index (χ1n) is 11.0. The van der Waals surface area contributed by atoms with Gasteiger partial charge in [0, 0.05) is 18.9 Å². The van der Waals surface area contributed by atoms with Crippen LogP contribution in [0.1, 0.15) is 41.2 Å². The van der Waals surface area contributed by atoms with Gasteiger partial charge in [0.05, 0.1) is 0 Å². The Morgan fingerprint density at radius 2 is 1.48 bits per heavy atom. The molecule has 0 saturated carbocycles. The van der Waals surface area contributed by atoms with Crippen molar-refractivity contribution in [2.75, 3.05) is 13.2 Å². The van der Waals surface area contributed by atoms with Gasteiger partial charge in [0.1, 0.15) is 24.6 Å². The van der Waals surface area contributed by atoms with Gasteiger partial charge in [0.15, 0.2) is 0 Å². The van der Waals surface area contributed by atoms with Gasteiger partial charge in [0.25, 0.3) is 0 Å². The highest BCUT2D eigenvalue weighted by atomic mass is 16.5. The quantitative estimate of drug-likeness (QED) is 0.491. The number of hydrogen-bond donors (Lipinski definition) is 3. The Balaban J connectivity index is 1.35. The number of carbonyl (C=O) groups is 2. The molecule has 3 aromatic carbocycles. The highest BCUT2D eigenvalue weighted by Gasteiger charge is 2.29. The number of carbonyl (C=O) groups excluding carboxylic acids is 2. The SMILES string of the molecule is CC(=O)Cc1ccccc1C(O)C(O)CNC(=O)OCC1c2ccccc2-c2ccccc21. The number of ketones is 1. The molecule has 0 aliphatic heterocycles. The number of Topliss-reactive ketones (excluding diaryl/α,β-unsaturated/α-hetero) is 1. The van der Waals surface area contributed by atoms with Gasteiger partial charge in [0.2, 0.25) is 0 Å². The van der Waals surface area contributed by atoms with Gasteiger partial charge < -0.3 is 20.3 Å². The average molecular weight is 446 g/mol. The highest BCUT2D eigenvalue weighted by molar-refractivity contribution is 5.79.